The van der Waals surface area contributed by atoms with Gasteiger partial charge < -0.3 is 4.42 Å². The Balaban J connectivity index is 1.91. The molecule has 0 saturated carbocycles. The number of aryl methyl sites for hydroxylation is 3. The number of furan rings is 1. The van der Waals surface area contributed by atoms with Crippen molar-refractivity contribution in [2.24, 2.45) is 5.10 Å². The van der Waals surface area contributed by atoms with Crippen molar-refractivity contribution in [3.8, 4) is 0 Å². The minimum absolute atomic E-state index is 0.111. The molecule has 1 N–H and O–H groups in total. The third kappa shape index (κ3) is 4.96. The predicted molar refractivity (Wildman–Crippen MR) is 116 cm³/mol. The van der Waals surface area contributed by atoms with Gasteiger partial charge in [-0.2, -0.15) is 5.10 Å². The van der Waals surface area contributed by atoms with Crippen molar-refractivity contribution in [1.29, 1.82) is 0 Å². The first-order valence-electron chi connectivity index (χ1n) is 9.29. The molecule has 1 amide bonds. The van der Waals surface area contributed by atoms with Gasteiger partial charge in [0, 0.05) is 0 Å². The van der Waals surface area contributed by atoms with Crippen molar-refractivity contribution in [3.05, 3.63) is 83.3 Å². The smallest absolute Gasteiger partial charge is 0.264 e. The van der Waals surface area contributed by atoms with Crippen LogP contribution in [0.2, 0.25) is 0 Å². The molecule has 1 heterocycles. The summed E-state index contributed by atoms with van der Waals surface area (Å²) in [7, 11) is -3.97. The quantitative estimate of drug-likeness (QED) is 0.463. The van der Waals surface area contributed by atoms with E-state index in [0.717, 1.165) is 21.0 Å². The van der Waals surface area contributed by atoms with Crippen LogP contribution in [-0.2, 0) is 14.8 Å². The van der Waals surface area contributed by atoms with Crippen LogP contribution in [0, 0.1) is 20.8 Å². The standard InChI is InChI=1S/C22H23N3O4S/c1-16-6-9-20(10-7-16)30(27,28)25(21-11-8-17(2)13-18(21)3)15-22(26)24-23-14-19-5-4-12-29-19/h4-14H,15H2,1-3H3,(H,24,26)/b23-14-. The van der Waals surface area contributed by atoms with Crippen LogP contribution in [-0.4, -0.2) is 27.1 Å². The minimum atomic E-state index is -3.97. The highest BCUT2D eigenvalue weighted by Gasteiger charge is 2.28. The highest BCUT2D eigenvalue weighted by Crippen LogP contribution is 2.27. The number of hydrogen-bond donors (Lipinski definition) is 1. The number of carbonyl (C=O) groups is 1. The van der Waals surface area contributed by atoms with Crippen LogP contribution < -0.4 is 9.73 Å². The number of nitrogens with zero attached hydrogens (tertiary/aromatic N) is 2. The van der Waals surface area contributed by atoms with Gasteiger partial charge in [0.05, 0.1) is 23.1 Å². The summed E-state index contributed by atoms with van der Waals surface area (Å²) < 4.78 is 32.9. The molecule has 0 aliphatic rings. The first-order chi connectivity index (χ1) is 14.3. The number of hydrazone groups is 1. The molecule has 0 fully saturated rings. The number of nitrogens with one attached hydrogen (secondary N) is 1. The lowest BCUT2D eigenvalue weighted by atomic mass is 10.1. The van der Waals surface area contributed by atoms with E-state index in [2.05, 4.69) is 10.5 Å². The summed E-state index contributed by atoms with van der Waals surface area (Å²) in [5.41, 5.74) is 5.47. The first-order valence-corrected chi connectivity index (χ1v) is 10.7. The lowest BCUT2D eigenvalue weighted by Gasteiger charge is -2.25. The Labute approximate surface area is 176 Å². The molecule has 8 heteroatoms. The lowest BCUT2D eigenvalue weighted by Crippen LogP contribution is -2.40. The van der Waals surface area contributed by atoms with Gasteiger partial charge in [-0.05, 0) is 56.7 Å². The number of benzene rings is 2. The molecule has 0 aliphatic heterocycles. The molecule has 2 aromatic carbocycles. The van der Waals surface area contributed by atoms with Crippen LogP contribution in [0.1, 0.15) is 22.5 Å². The zero-order chi connectivity index (χ0) is 21.7. The highest BCUT2D eigenvalue weighted by atomic mass is 32.2. The maximum absolute atomic E-state index is 13.4. The topological polar surface area (TPSA) is 92.0 Å². The molecule has 0 atom stereocenters. The summed E-state index contributed by atoms with van der Waals surface area (Å²) in [6, 6.07) is 15.3. The first kappa shape index (κ1) is 21.3. The average molecular weight is 426 g/mol. The van der Waals surface area contributed by atoms with Gasteiger partial charge >= 0.3 is 0 Å². The van der Waals surface area contributed by atoms with Crippen LogP contribution in [0.5, 0.6) is 0 Å². The van der Waals surface area contributed by atoms with E-state index in [9.17, 15) is 13.2 Å². The summed E-state index contributed by atoms with van der Waals surface area (Å²) in [5.74, 6) is -0.109. The van der Waals surface area contributed by atoms with Gasteiger partial charge in [-0.1, -0.05) is 35.4 Å². The molecule has 0 radical (unpaired) electrons. The Bertz CT molecular complexity index is 1150. The van der Waals surface area contributed by atoms with E-state index in [1.165, 1.54) is 24.6 Å². The van der Waals surface area contributed by atoms with Crippen molar-refractivity contribution >= 4 is 27.8 Å². The maximum atomic E-state index is 13.4. The second kappa shape index (κ2) is 8.96. The molecule has 0 spiro atoms. The minimum Gasteiger partial charge on any atom is -0.463 e. The summed E-state index contributed by atoms with van der Waals surface area (Å²) in [6.45, 7) is 5.19. The zero-order valence-corrected chi connectivity index (χ0v) is 17.8. The fourth-order valence-corrected chi connectivity index (χ4v) is 4.41. The van der Waals surface area contributed by atoms with Crippen LogP contribution in [0.25, 0.3) is 0 Å². The van der Waals surface area contributed by atoms with Crippen molar-refractivity contribution < 1.29 is 17.6 Å². The van der Waals surface area contributed by atoms with Crippen molar-refractivity contribution in [3.63, 3.8) is 0 Å². The third-order valence-corrected chi connectivity index (χ3v) is 6.22. The molecule has 1 aromatic heterocycles. The van der Waals surface area contributed by atoms with Gasteiger partial charge in [-0.15, -0.1) is 0 Å². The van der Waals surface area contributed by atoms with E-state index in [1.807, 2.05) is 32.9 Å². The molecule has 0 saturated heterocycles. The van der Waals surface area contributed by atoms with Crippen molar-refractivity contribution in [2.45, 2.75) is 25.7 Å². The molecular weight excluding hydrogens is 402 g/mol. The Hall–Kier alpha value is -3.39. The number of amides is 1. The van der Waals surface area contributed by atoms with Crippen LogP contribution in [0.15, 0.2) is 75.3 Å². The zero-order valence-electron chi connectivity index (χ0n) is 17.0. The number of sulfonamides is 1. The van der Waals surface area contributed by atoms with Crippen LogP contribution in [0.3, 0.4) is 0 Å². The van der Waals surface area contributed by atoms with Gasteiger partial charge in [0.2, 0.25) is 0 Å². The predicted octanol–water partition coefficient (Wildman–Crippen LogP) is 3.55. The molecule has 7 nitrogen and oxygen atoms in total. The van der Waals surface area contributed by atoms with Crippen molar-refractivity contribution in [1.82, 2.24) is 5.43 Å². The summed E-state index contributed by atoms with van der Waals surface area (Å²) in [6.07, 6.45) is 2.83. The lowest BCUT2D eigenvalue weighted by molar-refractivity contribution is -0.119. The maximum Gasteiger partial charge on any atom is 0.264 e. The van der Waals surface area contributed by atoms with Gasteiger partial charge in [-0.3, -0.25) is 9.10 Å². The van der Waals surface area contributed by atoms with Gasteiger partial charge in [-0.25, -0.2) is 13.8 Å². The molecule has 0 aliphatic carbocycles. The monoisotopic (exact) mass is 425 g/mol. The van der Waals surface area contributed by atoms with Gasteiger partial charge in [0.25, 0.3) is 15.9 Å². The summed E-state index contributed by atoms with van der Waals surface area (Å²) >= 11 is 0. The van der Waals surface area contributed by atoms with Crippen molar-refractivity contribution in [2.75, 3.05) is 10.8 Å². The Morgan fingerprint density at radius 1 is 1.07 bits per heavy atom. The van der Waals surface area contributed by atoms with Crippen LogP contribution >= 0.6 is 0 Å². The molecule has 0 bridgehead atoms. The Morgan fingerprint density at radius 2 is 1.77 bits per heavy atom. The number of anilines is 1. The average Bonchev–Trinajstić information content (AvgIpc) is 3.20. The summed E-state index contributed by atoms with van der Waals surface area (Å²) in [5, 5.41) is 3.82. The Kier molecular flexibility index (Phi) is 6.37. The SMILES string of the molecule is Cc1ccc(S(=O)(=O)N(CC(=O)N/N=C\c2ccco2)c2ccc(C)cc2C)cc1. The van der Waals surface area contributed by atoms with E-state index in [0.29, 0.717) is 11.4 Å². The Morgan fingerprint density at radius 3 is 2.40 bits per heavy atom. The van der Waals surface area contributed by atoms with E-state index in [-0.39, 0.29) is 4.90 Å². The van der Waals surface area contributed by atoms with Crippen LogP contribution in [0.4, 0.5) is 5.69 Å². The normalized spacial score (nSPS) is 11.6. The second-order valence-corrected chi connectivity index (χ2v) is 8.79. The van der Waals surface area contributed by atoms with E-state index in [4.69, 9.17) is 4.42 Å². The van der Waals surface area contributed by atoms with Gasteiger partial charge in [0.15, 0.2) is 0 Å². The number of carbonyl (C=O) groups excluding carboxylic acids is 1. The highest BCUT2D eigenvalue weighted by molar-refractivity contribution is 7.92. The molecule has 3 aromatic rings. The fourth-order valence-electron chi connectivity index (χ4n) is 2.92. The molecular formula is C22H23N3O4S. The molecule has 0 unspecified atom stereocenters. The fraction of sp³-hybridized carbons (Fsp3) is 0.182. The molecule has 156 valence electrons. The largest absolute Gasteiger partial charge is 0.463 e. The van der Waals surface area contributed by atoms with E-state index >= 15 is 0 Å². The molecule has 30 heavy (non-hydrogen) atoms. The van der Waals surface area contributed by atoms with E-state index < -0.39 is 22.5 Å². The third-order valence-electron chi connectivity index (χ3n) is 4.44. The molecule has 3 rings (SSSR count). The van der Waals surface area contributed by atoms with E-state index in [1.54, 1.807) is 30.3 Å². The number of rotatable bonds is 7. The summed E-state index contributed by atoms with van der Waals surface area (Å²) in [4.78, 5) is 12.6. The van der Waals surface area contributed by atoms with Gasteiger partial charge in [0.1, 0.15) is 12.3 Å². The number of hydrogen-bond acceptors (Lipinski definition) is 5. The second-order valence-electron chi connectivity index (χ2n) is 6.92.